The second-order valence-electron chi connectivity index (χ2n) is 5.06. The molecule has 2 nitrogen and oxygen atoms in total. The number of para-hydroxylation sites is 1. The van der Waals surface area contributed by atoms with E-state index in [1.165, 1.54) is 11.3 Å². The van der Waals surface area contributed by atoms with E-state index in [2.05, 4.69) is 44.3 Å². The summed E-state index contributed by atoms with van der Waals surface area (Å²) in [4.78, 5) is 0. The van der Waals surface area contributed by atoms with E-state index in [0.717, 1.165) is 12.8 Å². The lowest BCUT2D eigenvalue weighted by molar-refractivity contribution is -0.0243. The number of anilines is 1. The van der Waals surface area contributed by atoms with E-state index in [1.54, 1.807) is 0 Å². The van der Waals surface area contributed by atoms with Gasteiger partial charge in [-0.2, -0.15) is 0 Å². The molecule has 0 saturated carbocycles. The topological polar surface area (TPSA) is 32.3 Å². The van der Waals surface area contributed by atoms with Crippen LogP contribution in [0.2, 0.25) is 0 Å². The van der Waals surface area contributed by atoms with Crippen molar-refractivity contribution in [3.05, 3.63) is 29.8 Å². The minimum atomic E-state index is -0.612. The Morgan fingerprint density at radius 3 is 2.69 bits per heavy atom. The molecule has 88 valence electrons. The van der Waals surface area contributed by atoms with Crippen LogP contribution < -0.4 is 5.32 Å². The Balaban J connectivity index is 2.22. The summed E-state index contributed by atoms with van der Waals surface area (Å²) in [6.45, 7) is 6.24. The highest BCUT2D eigenvalue weighted by atomic mass is 16.3. The van der Waals surface area contributed by atoms with Gasteiger partial charge in [-0.25, -0.2) is 0 Å². The molecule has 0 radical (unpaired) electrons. The molecule has 2 atom stereocenters. The lowest BCUT2D eigenvalue weighted by atomic mass is 9.80. The Morgan fingerprint density at radius 2 is 2.12 bits per heavy atom. The van der Waals surface area contributed by atoms with Crippen LogP contribution in [-0.4, -0.2) is 16.7 Å². The van der Waals surface area contributed by atoms with Crippen molar-refractivity contribution >= 4 is 5.69 Å². The molecule has 1 heterocycles. The Hall–Kier alpha value is -1.02. The predicted molar refractivity (Wildman–Crippen MR) is 67.6 cm³/mol. The average molecular weight is 219 g/mol. The molecule has 0 aliphatic carbocycles. The minimum Gasteiger partial charge on any atom is -0.387 e. The van der Waals surface area contributed by atoms with Gasteiger partial charge in [-0.1, -0.05) is 39.0 Å². The maximum absolute atomic E-state index is 10.7. The van der Waals surface area contributed by atoms with Gasteiger partial charge in [0.1, 0.15) is 0 Å². The summed E-state index contributed by atoms with van der Waals surface area (Å²) in [5.74, 6) is 0.268. The van der Waals surface area contributed by atoms with Gasteiger partial charge in [0.15, 0.2) is 0 Å². The molecule has 0 bridgehead atoms. The van der Waals surface area contributed by atoms with Crippen molar-refractivity contribution < 1.29 is 5.11 Å². The number of nitrogens with one attached hydrogen (secondary N) is 1. The van der Waals surface area contributed by atoms with Gasteiger partial charge in [-0.05, 0) is 30.4 Å². The van der Waals surface area contributed by atoms with Crippen LogP contribution in [0.5, 0.6) is 0 Å². The third-order valence-electron chi connectivity index (χ3n) is 3.94. The first-order valence-electron chi connectivity index (χ1n) is 6.14. The van der Waals surface area contributed by atoms with E-state index in [-0.39, 0.29) is 12.0 Å². The summed E-state index contributed by atoms with van der Waals surface area (Å²) >= 11 is 0. The fraction of sp³-hybridized carbons (Fsp3) is 0.571. The predicted octanol–water partition coefficient (Wildman–Crippen LogP) is 2.82. The highest BCUT2D eigenvalue weighted by Crippen LogP contribution is 2.35. The molecule has 1 aliphatic heterocycles. The SMILES string of the molecule is CCC(O)(C(C)C)C1Cc2ccccc2N1. The number of rotatable bonds is 3. The molecule has 2 rings (SSSR count). The Bertz CT molecular complexity index is 350. The molecule has 2 unspecified atom stereocenters. The second kappa shape index (κ2) is 4.10. The standard InChI is InChI=1S/C14H21NO/c1-4-14(16,10(2)3)13-9-11-7-5-6-8-12(11)15-13/h5-8,10,13,15-16H,4,9H2,1-3H3. The zero-order valence-corrected chi connectivity index (χ0v) is 10.3. The van der Waals surface area contributed by atoms with Gasteiger partial charge in [-0.15, -0.1) is 0 Å². The summed E-state index contributed by atoms with van der Waals surface area (Å²) in [5, 5.41) is 14.2. The number of hydrogen-bond donors (Lipinski definition) is 2. The zero-order valence-electron chi connectivity index (χ0n) is 10.3. The van der Waals surface area contributed by atoms with Crippen molar-refractivity contribution in [2.45, 2.75) is 45.3 Å². The smallest absolute Gasteiger partial charge is 0.0871 e. The quantitative estimate of drug-likeness (QED) is 0.819. The molecule has 0 saturated heterocycles. The first-order valence-corrected chi connectivity index (χ1v) is 6.14. The van der Waals surface area contributed by atoms with Crippen molar-refractivity contribution in [2.75, 3.05) is 5.32 Å². The van der Waals surface area contributed by atoms with Crippen LogP contribution in [0.1, 0.15) is 32.8 Å². The first kappa shape index (κ1) is 11.5. The number of aliphatic hydroxyl groups is 1. The molecule has 1 aliphatic rings. The Labute approximate surface area is 97.7 Å². The van der Waals surface area contributed by atoms with Crippen LogP contribution in [0.15, 0.2) is 24.3 Å². The van der Waals surface area contributed by atoms with Gasteiger partial charge in [0.2, 0.25) is 0 Å². The van der Waals surface area contributed by atoms with Gasteiger partial charge >= 0.3 is 0 Å². The van der Waals surface area contributed by atoms with Gasteiger partial charge < -0.3 is 10.4 Å². The molecule has 0 aromatic heterocycles. The molecular formula is C14H21NO. The molecule has 16 heavy (non-hydrogen) atoms. The summed E-state index contributed by atoms with van der Waals surface area (Å²) in [6, 6.07) is 8.47. The van der Waals surface area contributed by atoms with Crippen LogP contribution in [0.25, 0.3) is 0 Å². The largest absolute Gasteiger partial charge is 0.387 e. The van der Waals surface area contributed by atoms with Gasteiger partial charge in [0.05, 0.1) is 11.6 Å². The zero-order chi connectivity index (χ0) is 11.8. The molecule has 1 aromatic rings. The third kappa shape index (κ3) is 1.71. The normalized spacial score (nSPS) is 22.7. The first-order chi connectivity index (χ1) is 7.58. The minimum absolute atomic E-state index is 0.148. The summed E-state index contributed by atoms with van der Waals surface area (Å²) < 4.78 is 0. The lowest BCUT2D eigenvalue weighted by Gasteiger charge is -2.37. The van der Waals surface area contributed by atoms with Crippen LogP contribution >= 0.6 is 0 Å². The van der Waals surface area contributed by atoms with E-state index >= 15 is 0 Å². The van der Waals surface area contributed by atoms with Crippen molar-refractivity contribution in [3.63, 3.8) is 0 Å². The monoisotopic (exact) mass is 219 g/mol. The number of benzene rings is 1. The second-order valence-corrected chi connectivity index (χ2v) is 5.06. The molecular weight excluding hydrogens is 198 g/mol. The molecule has 2 N–H and O–H groups in total. The van der Waals surface area contributed by atoms with Crippen molar-refractivity contribution in [3.8, 4) is 0 Å². The van der Waals surface area contributed by atoms with Crippen molar-refractivity contribution in [1.29, 1.82) is 0 Å². The molecule has 0 amide bonds. The number of hydrogen-bond acceptors (Lipinski definition) is 2. The van der Waals surface area contributed by atoms with Crippen molar-refractivity contribution in [1.82, 2.24) is 0 Å². The van der Waals surface area contributed by atoms with Gasteiger partial charge in [0, 0.05) is 5.69 Å². The molecule has 0 spiro atoms. The van der Waals surface area contributed by atoms with Gasteiger partial charge in [0.25, 0.3) is 0 Å². The van der Waals surface area contributed by atoms with E-state index in [0.29, 0.717) is 0 Å². The van der Waals surface area contributed by atoms with E-state index in [9.17, 15) is 5.11 Å². The van der Waals surface area contributed by atoms with E-state index in [4.69, 9.17) is 0 Å². The summed E-state index contributed by atoms with van der Waals surface area (Å²) in [6.07, 6.45) is 1.72. The highest BCUT2D eigenvalue weighted by Gasteiger charge is 2.40. The maximum Gasteiger partial charge on any atom is 0.0871 e. The van der Waals surface area contributed by atoms with Crippen molar-refractivity contribution in [2.24, 2.45) is 5.92 Å². The maximum atomic E-state index is 10.7. The Kier molecular flexibility index (Phi) is 2.94. The summed E-state index contributed by atoms with van der Waals surface area (Å²) in [5.41, 5.74) is 1.89. The van der Waals surface area contributed by atoms with Crippen LogP contribution in [-0.2, 0) is 6.42 Å². The highest BCUT2D eigenvalue weighted by molar-refractivity contribution is 5.57. The summed E-state index contributed by atoms with van der Waals surface area (Å²) in [7, 11) is 0. The van der Waals surface area contributed by atoms with E-state index < -0.39 is 5.60 Å². The fourth-order valence-corrected chi connectivity index (χ4v) is 2.66. The average Bonchev–Trinajstić information content (AvgIpc) is 2.71. The van der Waals surface area contributed by atoms with Crippen LogP contribution in [0.4, 0.5) is 5.69 Å². The molecule has 1 aromatic carbocycles. The third-order valence-corrected chi connectivity index (χ3v) is 3.94. The number of fused-ring (bicyclic) bond motifs is 1. The molecule has 2 heteroatoms. The fourth-order valence-electron chi connectivity index (χ4n) is 2.66. The Morgan fingerprint density at radius 1 is 1.44 bits per heavy atom. The lowest BCUT2D eigenvalue weighted by Crippen LogP contribution is -2.49. The van der Waals surface area contributed by atoms with E-state index in [1.807, 2.05) is 6.07 Å². The molecule has 0 fully saturated rings. The van der Waals surface area contributed by atoms with Crippen LogP contribution in [0, 0.1) is 5.92 Å². The van der Waals surface area contributed by atoms with Gasteiger partial charge in [-0.3, -0.25) is 0 Å². The van der Waals surface area contributed by atoms with Crippen LogP contribution in [0.3, 0.4) is 0 Å².